The Bertz CT molecular complexity index is 1110. The summed E-state index contributed by atoms with van der Waals surface area (Å²) in [5.74, 6) is 0.417. The topological polar surface area (TPSA) is 58.6 Å². The van der Waals surface area contributed by atoms with E-state index in [1.54, 1.807) is 23.1 Å². The van der Waals surface area contributed by atoms with Gasteiger partial charge in [-0.15, -0.1) is 0 Å². The van der Waals surface area contributed by atoms with Crippen LogP contribution in [0.5, 0.6) is 5.75 Å². The van der Waals surface area contributed by atoms with Gasteiger partial charge in [0.15, 0.2) is 0 Å². The second-order valence-electron chi connectivity index (χ2n) is 8.84. The van der Waals surface area contributed by atoms with Gasteiger partial charge in [-0.2, -0.15) is 0 Å². The number of hydrogen-bond donors (Lipinski definition) is 1. The van der Waals surface area contributed by atoms with E-state index in [9.17, 15) is 9.59 Å². The van der Waals surface area contributed by atoms with Crippen molar-refractivity contribution < 1.29 is 14.3 Å². The van der Waals surface area contributed by atoms with Gasteiger partial charge in [0.2, 0.25) is 11.8 Å². The number of carbonyl (C=O) groups is 2. The molecule has 0 radical (unpaired) electrons. The van der Waals surface area contributed by atoms with Gasteiger partial charge < -0.3 is 15.0 Å². The zero-order chi connectivity index (χ0) is 26.5. The van der Waals surface area contributed by atoms with Gasteiger partial charge in [-0.1, -0.05) is 91.1 Å². The van der Waals surface area contributed by atoms with Crippen molar-refractivity contribution in [1.82, 2.24) is 10.2 Å². The summed E-state index contributed by atoms with van der Waals surface area (Å²) in [6.07, 6.45) is 2.94. The average molecular weight is 542 g/mol. The number of rotatable bonds is 14. The SMILES string of the molecule is CCCCNC(=O)[C@@H](Cc1ccccc1)N(Cc1c(Cl)cccc1Cl)C(=O)CCCOc1ccccc1. The van der Waals surface area contributed by atoms with Gasteiger partial charge in [-0.25, -0.2) is 0 Å². The van der Waals surface area contributed by atoms with Crippen molar-refractivity contribution in [2.75, 3.05) is 13.2 Å². The van der Waals surface area contributed by atoms with Crippen LogP contribution >= 0.6 is 23.2 Å². The van der Waals surface area contributed by atoms with Crippen molar-refractivity contribution >= 4 is 35.0 Å². The van der Waals surface area contributed by atoms with Crippen LogP contribution in [0.15, 0.2) is 78.9 Å². The second kappa shape index (κ2) is 15.3. The molecule has 0 saturated heterocycles. The summed E-state index contributed by atoms with van der Waals surface area (Å²) in [5, 5.41) is 3.94. The molecule has 196 valence electrons. The maximum atomic E-state index is 13.7. The van der Waals surface area contributed by atoms with Gasteiger partial charge in [0.1, 0.15) is 11.8 Å². The Labute approximate surface area is 229 Å². The second-order valence-corrected chi connectivity index (χ2v) is 9.65. The van der Waals surface area contributed by atoms with Crippen LogP contribution in [0.2, 0.25) is 10.0 Å². The molecule has 5 nitrogen and oxygen atoms in total. The summed E-state index contributed by atoms with van der Waals surface area (Å²) in [6.45, 7) is 3.15. The molecule has 3 rings (SSSR count). The van der Waals surface area contributed by atoms with Crippen LogP contribution < -0.4 is 10.1 Å². The molecular weight excluding hydrogens is 507 g/mol. The highest BCUT2D eigenvalue weighted by molar-refractivity contribution is 6.36. The molecule has 0 aromatic heterocycles. The molecule has 3 aromatic carbocycles. The van der Waals surface area contributed by atoms with E-state index in [0.29, 0.717) is 41.6 Å². The molecule has 1 N–H and O–H groups in total. The predicted molar refractivity (Wildman–Crippen MR) is 150 cm³/mol. The average Bonchev–Trinajstić information content (AvgIpc) is 2.91. The maximum absolute atomic E-state index is 13.7. The van der Waals surface area contributed by atoms with E-state index in [1.807, 2.05) is 60.7 Å². The quantitative estimate of drug-likeness (QED) is 0.231. The Balaban J connectivity index is 1.83. The summed E-state index contributed by atoms with van der Waals surface area (Å²) in [4.78, 5) is 28.7. The van der Waals surface area contributed by atoms with Crippen molar-refractivity contribution in [3.63, 3.8) is 0 Å². The first-order valence-corrected chi connectivity index (χ1v) is 13.5. The number of nitrogens with one attached hydrogen (secondary N) is 1. The lowest BCUT2D eigenvalue weighted by molar-refractivity contribution is -0.141. The van der Waals surface area contributed by atoms with Crippen LogP contribution in [0.3, 0.4) is 0 Å². The van der Waals surface area contributed by atoms with E-state index in [-0.39, 0.29) is 24.8 Å². The molecule has 0 saturated carbocycles. The largest absolute Gasteiger partial charge is 0.494 e. The fourth-order valence-electron chi connectivity index (χ4n) is 3.99. The minimum absolute atomic E-state index is 0.135. The molecule has 0 fully saturated rings. The molecule has 0 unspecified atom stereocenters. The van der Waals surface area contributed by atoms with E-state index in [4.69, 9.17) is 27.9 Å². The van der Waals surface area contributed by atoms with Crippen LogP contribution in [-0.2, 0) is 22.6 Å². The van der Waals surface area contributed by atoms with Crippen molar-refractivity contribution in [1.29, 1.82) is 0 Å². The minimum Gasteiger partial charge on any atom is -0.494 e. The van der Waals surface area contributed by atoms with Crippen molar-refractivity contribution in [3.05, 3.63) is 100 Å². The summed E-state index contributed by atoms with van der Waals surface area (Å²) in [6, 6.07) is 23.7. The molecule has 7 heteroatoms. The lowest BCUT2D eigenvalue weighted by Gasteiger charge is -2.32. The zero-order valence-electron chi connectivity index (χ0n) is 21.2. The first-order valence-electron chi connectivity index (χ1n) is 12.7. The van der Waals surface area contributed by atoms with E-state index < -0.39 is 6.04 Å². The molecule has 0 spiro atoms. The Kier molecular flexibility index (Phi) is 11.8. The molecule has 0 aliphatic carbocycles. The van der Waals surface area contributed by atoms with Gasteiger partial charge >= 0.3 is 0 Å². The number of unbranched alkanes of at least 4 members (excludes halogenated alkanes) is 1. The van der Waals surface area contributed by atoms with Crippen LogP contribution in [0, 0.1) is 0 Å². The summed E-state index contributed by atoms with van der Waals surface area (Å²) < 4.78 is 5.77. The number of hydrogen-bond acceptors (Lipinski definition) is 3. The third kappa shape index (κ3) is 9.10. The van der Waals surface area contributed by atoms with Crippen molar-refractivity contribution in [2.45, 2.75) is 51.6 Å². The lowest BCUT2D eigenvalue weighted by Crippen LogP contribution is -2.50. The first kappa shape index (κ1) is 28.5. The number of nitrogens with zero attached hydrogens (tertiary/aromatic N) is 1. The van der Waals surface area contributed by atoms with E-state index >= 15 is 0 Å². The van der Waals surface area contributed by atoms with Crippen LogP contribution in [-0.4, -0.2) is 35.9 Å². The molecular formula is C30H34Cl2N2O3. The molecule has 2 amide bonds. The summed E-state index contributed by atoms with van der Waals surface area (Å²) >= 11 is 13.0. The highest BCUT2D eigenvalue weighted by Gasteiger charge is 2.31. The number of amides is 2. The Morgan fingerprint density at radius 2 is 1.54 bits per heavy atom. The third-order valence-electron chi connectivity index (χ3n) is 6.04. The van der Waals surface area contributed by atoms with E-state index in [2.05, 4.69) is 12.2 Å². The number of halogens is 2. The number of carbonyl (C=O) groups excluding carboxylic acids is 2. The molecule has 0 aliphatic rings. The lowest BCUT2D eigenvalue weighted by atomic mass is 10.0. The predicted octanol–water partition coefficient (Wildman–Crippen LogP) is 6.71. The molecule has 37 heavy (non-hydrogen) atoms. The molecule has 3 aromatic rings. The van der Waals surface area contributed by atoms with Crippen molar-refractivity contribution in [2.24, 2.45) is 0 Å². The van der Waals surface area contributed by atoms with Crippen LogP contribution in [0.25, 0.3) is 0 Å². The van der Waals surface area contributed by atoms with Gasteiger partial charge in [-0.3, -0.25) is 9.59 Å². The molecule has 0 heterocycles. The Hall–Kier alpha value is -3.02. The number of para-hydroxylation sites is 1. The summed E-state index contributed by atoms with van der Waals surface area (Å²) in [7, 11) is 0. The first-order chi connectivity index (χ1) is 18.0. The van der Waals surface area contributed by atoms with Gasteiger partial charge in [0.25, 0.3) is 0 Å². The fourth-order valence-corrected chi connectivity index (χ4v) is 4.50. The normalized spacial score (nSPS) is 11.5. The van der Waals surface area contributed by atoms with Gasteiger partial charge in [0, 0.05) is 41.5 Å². The number of ether oxygens (including phenoxy) is 1. The smallest absolute Gasteiger partial charge is 0.243 e. The standard InChI is InChI=1S/C30H34Cl2N2O3/c1-2-3-19-33-30(36)28(21-23-12-6-4-7-13-23)34(22-25-26(31)16-10-17-27(25)32)29(35)18-11-20-37-24-14-8-5-9-15-24/h4-10,12-17,28H,2-3,11,18-22H2,1H3,(H,33,36)/t28-/m1/s1. The minimum atomic E-state index is -0.714. The monoisotopic (exact) mass is 540 g/mol. The number of benzene rings is 3. The van der Waals surface area contributed by atoms with E-state index in [1.165, 1.54) is 0 Å². The molecule has 1 atom stereocenters. The Morgan fingerprint density at radius 1 is 0.892 bits per heavy atom. The fraction of sp³-hybridized carbons (Fsp3) is 0.333. The maximum Gasteiger partial charge on any atom is 0.243 e. The molecule has 0 aliphatic heterocycles. The third-order valence-corrected chi connectivity index (χ3v) is 6.75. The summed E-state index contributed by atoms with van der Waals surface area (Å²) in [5.41, 5.74) is 1.59. The zero-order valence-corrected chi connectivity index (χ0v) is 22.7. The van der Waals surface area contributed by atoms with E-state index in [0.717, 1.165) is 24.2 Å². The highest BCUT2D eigenvalue weighted by Crippen LogP contribution is 2.27. The highest BCUT2D eigenvalue weighted by atomic mass is 35.5. The van der Waals surface area contributed by atoms with Gasteiger partial charge in [0.05, 0.1) is 6.61 Å². The van der Waals surface area contributed by atoms with Gasteiger partial charge in [-0.05, 0) is 42.7 Å². The van der Waals surface area contributed by atoms with Crippen LogP contribution in [0.1, 0.15) is 43.7 Å². The van der Waals surface area contributed by atoms with Crippen LogP contribution in [0.4, 0.5) is 0 Å². The van der Waals surface area contributed by atoms with Crippen molar-refractivity contribution in [3.8, 4) is 5.75 Å². The Morgan fingerprint density at radius 3 is 2.19 bits per heavy atom. The molecule has 0 bridgehead atoms.